The maximum absolute atomic E-state index is 12.6. The number of amides is 1. The predicted molar refractivity (Wildman–Crippen MR) is 81.3 cm³/mol. The third-order valence-electron chi connectivity index (χ3n) is 4.04. The Labute approximate surface area is 125 Å². The highest BCUT2D eigenvalue weighted by Crippen LogP contribution is 2.21. The molecular formula is C15H24N4O2. The van der Waals surface area contributed by atoms with E-state index in [0.717, 1.165) is 13.0 Å². The molecule has 1 aliphatic heterocycles. The van der Waals surface area contributed by atoms with Gasteiger partial charge in [0.1, 0.15) is 5.69 Å². The van der Waals surface area contributed by atoms with Crippen LogP contribution in [0.15, 0.2) is 16.9 Å². The standard InChI is InChI=1S/C15H24N4O2/c1-5-8-19-14(20)7-6-12(16-19)15(21)18-9-11(2)13(10-18)17(3)4/h6-7,11,13H,5,8-10H2,1-4H3. The Balaban J connectivity index is 2.17. The highest BCUT2D eigenvalue weighted by atomic mass is 16.2. The zero-order valence-corrected chi connectivity index (χ0v) is 13.2. The fourth-order valence-electron chi connectivity index (χ4n) is 2.88. The maximum Gasteiger partial charge on any atom is 0.274 e. The summed E-state index contributed by atoms with van der Waals surface area (Å²) in [7, 11) is 4.07. The fourth-order valence-corrected chi connectivity index (χ4v) is 2.88. The van der Waals surface area contributed by atoms with Gasteiger partial charge in [-0.2, -0.15) is 5.10 Å². The van der Waals surface area contributed by atoms with Gasteiger partial charge >= 0.3 is 0 Å². The Hall–Kier alpha value is -1.69. The molecule has 1 aromatic heterocycles. The molecule has 21 heavy (non-hydrogen) atoms. The third kappa shape index (κ3) is 3.32. The van der Waals surface area contributed by atoms with E-state index in [1.165, 1.54) is 16.8 Å². The molecule has 6 heteroatoms. The summed E-state index contributed by atoms with van der Waals surface area (Å²) in [4.78, 5) is 28.2. The molecule has 0 N–H and O–H groups in total. The molecule has 1 fully saturated rings. The van der Waals surface area contributed by atoms with Crippen LogP contribution in [-0.2, 0) is 6.54 Å². The van der Waals surface area contributed by atoms with Crippen molar-refractivity contribution in [3.8, 4) is 0 Å². The topological polar surface area (TPSA) is 58.4 Å². The monoisotopic (exact) mass is 292 g/mol. The third-order valence-corrected chi connectivity index (χ3v) is 4.04. The zero-order valence-electron chi connectivity index (χ0n) is 13.2. The Morgan fingerprint density at radius 1 is 1.38 bits per heavy atom. The van der Waals surface area contributed by atoms with E-state index >= 15 is 0 Å². The number of carbonyl (C=O) groups is 1. The number of aromatic nitrogens is 2. The van der Waals surface area contributed by atoms with Gasteiger partial charge in [0.2, 0.25) is 0 Å². The van der Waals surface area contributed by atoms with Gasteiger partial charge in [0, 0.05) is 31.7 Å². The fraction of sp³-hybridized carbons (Fsp3) is 0.667. The maximum atomic E-state index is 12.6. The van der Waals surface area contributed by atoms with E-state index in [1.54, 1.807) is 0 Å². The molecule has 1 saturated heterocycles. The summed E-state index contributed by atoms with van der Waals surface area (Å²) in [6.07, 6.45) is 0.813. The Morgan fingerprint density at radius 2 is 2.10 bits per heavy atom. The summed E-state index contributed by atoms with van der Waals surface area (Å²) < 4.78 is 1.37. The van der Waals surface area contributed by atoms with Gasteiger partial charge in [-0.3, -0.25) is 9.59 Å². The molecule has 1 aliphatic rings. The first-order chi connectivity index (χ1) is 9.93. The lowest BCUT2D eigenvalue weighted by Gasteiger charge is -2.22. The zero-order chi connectivity index (χ0) is 15.6. The van der Waals surface area contributed by atoms with E-state index in [4.69, 9.17) is 0 Å². The number of rotatable bonds is 4. The van der Waals surface area contributed by atoms with Gasteiger partial charge in [-0.25, -0.2) is 4.68 Å². The van der Waals surface area contributed by atoms with E-state index in [0.29, 0.717) is 30.7 Å². The van der Waals surface area contributed by atoms with E-state index in [1.807, 2.05) is 25.9 Å². The van der Waals surface area contributed by atoms with Crippen LogP contribution in [0.4, 0.5) is 0 Å². The number of carbonyl (C=O) groups excluding carboxylic acids is 1. The molecule has 2 unspecified atom stereocenters. The van der Waals surface area contributed by atoms with Gasteiger partial charge in [-0.15, -0.1) is 0 Å². The van der Waals surface area contributed by atoms with Gasteiger partial charge in [0.05, 0.1) is 0 Å². The van der Waals surface area contributed by atoms with Crippen LogP contribution in [0.25, 0.3) is 0 Å². The Morgan fingerprint density at radius 3 is 2.67 bits per heavy atom. The Bertz CT molecular complexity index is 567. The van der Waals surface area contributed by atoms with Crippen LogP contribution in [0.5, 0.6) is 0 Å². The average molecular weight is 292 g/mol. The van der Waals surface area contributed by atoms with Crippen molar-refractivity contribution in [3.63, 3.8) is 0 Å². The van der Waals surface area contributed by atoms with Crippen LogP contribution in [0.3, 0.4) is 0 Å². The van der Waals surface area contributed by atoms with E-state index in [9.17, 15) is 9.59 Å². The molecule has 0 radical (unpaired) electrons. The van der Waals surface area contributed by atoms with Crippen molar-refractivity contribution in [3.05, 3.63) is 28.2 Å². The van der Waals surface area contributed by atoms with Gasteiger partial charge in [-0.1, -0.05) is 13.8 Å². The largest absolute Gasteiger partial charge is 0.335 e. The second kappa shape index (κ2) is 6.39. The number of nitrogens with zero attached hydrogens (tertiary/aromatic N) is 4. The lowest BCUT2D eigenvalue weighted by Crippen LogP contribution is -2.36. The first-order valence-electron chi connectivity index (χ1n) is 7.48. The smallest absolute Gasteiger partial charge is 0.274 e. The molecule has 2 heterocycles. The quantitative estimate of drug-likeness (QED) is 0.818. The summed E-state index contributed by atoms with van der Waals surface area (Å²) in [5.74, 6) is 0.349. The summed E-state index contributed by atoms with van der Waals surface area (Å²) in [6, 6.07) is 3.33. The van der Waals surface area contributed by atoms with Crippen LogP contribution in [0.1, 0.15) is 30.8 Å². The summed E-state index contributed by atoms with van der Waals surface area (Å²) >= 11 is 0. The molecule has 1 amide bonds. The van der Waals surface area contributed by atoms with Crippen LogP contribution in [-0.4, -0.2) is 58.7 Å². The van der Waals surface area contributed by atoms with Crippen molar-refractivity contribution in [2.75, 3.05) is 27.2 Å². The van der Waals surface area contributed by atoms with Gasteiger partial charge in [-0.05, 0) is 32.5 Å². The number of hydrogen-bond acceptors (Lipinski definition) is 4. The lowest BCUT2D eigenvalue weighted by molar-refractivity contribution is 0.0772. The van der Waals surface area contributed by atoms with Gasteiger partial charge in [0.15, 0.2) is 0 Å². The molecule has 116 valence electrons. The van der Waals surface area contributed by atoms with Crippen molar-refractivity contribution < 1.29 is 4.79 Å². The van der Waals surface area contributed by atoms with Crippen molar-refractivity contribution in [1.29, 1.82) is 0 Å². The van der Waals surface area contributed by atoms with Crippen LogP contribution in [0, 0.1) is 5.92 Å². The summed E-state index contributed by atoms with van der Waals surface area (Å²) in [6.45, 7) is 6.12. The SMILES string of the molecule is CCCn1nc(C(=O)N2CC(C)C(N(C)C)C2)ccc1=O. The molecule has 6 nitrogen and oxygen atoms in total. The van der Waals surface area contributed by atoms with E-state index < -0.39 is 0 Å². The van der Waals surface area contributed by atoms with E-state index in [-0.39, 0.29) is 11.5 Å². The predicted octanol–water partition coefficient (Wildman–Crippen LogP) is 0.675. The molecule has 0 aliphatic carbocycles. The molecule has 2 rings (SSSR count). The molecule has 0 bridgehead atoms. The van der Waals surface area contributed by atoms with Crippen LogP contribution < -0.4 is 5.56 Å². The minimum atomic E-state index is -0.158. The van der Waals surface area contributed by atoms with Crippen LogP contribution >= 0.6 is 0 Å². The second-order valence-corrected chi connectivity index (χ2v) is 6.00. The van der Waals surface area contributed by atoms with Crippen molar-refractivity contribution >= 4 is 5.91 Å². The van der Waals surface area contributed by atoms with E-state index in [2.05, 4.69) is 16.9 Å². The van der Waals surface area contributed by atoms with Crippen LogP contribution in [0.2, 0.25) is 0 Å². The number of aryl methyl sites for hydroxylation is 1. The minimum absolute atomic E-state index is 0.0870. The highest BCUT2D eigenvalue weighted by molar-refractivity contribution is 5.92. The molecule has 0 saturated carbocycles. The minimum Gasteiger partial charge on any atom is -0.335 e. The number of likely N-dealkylation sites (tertiary alicyclic amines) is 1. The molecule has 0 aromatic carbocycles. The molecule has 2 atom stereocenters. The molecular weight excluding hydrogens is 268 g/mol. The average Bonchev–Trinajstić information content (AvgIpc) is 2.83. The molecule has 1 aromatic rings. The van der Waals surface area contributed by atoms with Crippen molar-refractivity contribution in [2.45, 2.75) is 32.9 Å². The number of hydrogen-bond donors (Lipinski definition) is 0. The van der Waals surface area contributed by atoms with Crippen molar-refractivity contribution in [1.82, 2.24) is 19.6 Å². The first-order valence-corrected chi connectivity index (χ1v) is 7.48. The van der Waals surface area contributed by atoms with Gasteiger partial charge in [0.25, 0.3) is 11.5 Å². The number of likely N-dealkylation sites (N-methyl/N-ethyl adjacent to an activating group) is 1. The highest BCUT2D eigenvalue weighted by Gasteiger charge is 2.34. The first kappa shape index (κ1) is 15.7. The normalized spacial score (nSPS) is 22.0. The summed E-state index contributed by atoms with van der Waals surface area (Å²) in [5.41, 5.74) is 0.198. The summed E-state index contributed by atoms with van der Waals surface area (Å²) in [5, 5.41) is 4.20. The Kier molecular flexibility index (Phi) is 4.77. The van der Waals surface area contributed by atoms with Crippen molar-refractivity contribution in [2.24, 2.45) is 5.92 Å². The van der Waals surface area contributed by atoms with Gasteiger partial charge < -0.3 is 9.80 Å². The molecule has 0 spiro atoms. The lowest BCUT2D eigenvalue weighted by atomic mass is 10.1. The second-order valence-electron chi connectivity index (χ2n) is 6.00.